The fourth-order valence-corrected chi connectivity index (χ4v) is 4.54. The van der Waals surface area contributed by atoms with Crippen molar-refractivity contribution >= 4 is 32.8 Å². The standard InChI is InChI=1S/C15H24N4O2S2/c1-3-10-19(11-4-2)12-6-9-16-23(20,21)14-8-5-7-13-15(14)18-22-17-13/h5,7-8,16H,3-4,6,9-12H2,1-2H3/p+1. The largest absolute Gasteiger partial charge is 0.335 e. The van der Waals surface area contributed by atoms with Crippen LogP contribution in [0.2, 0.25) is 0 Å². The molecule has 0 aliphatic carbocycles. The highest BCUT2D eigenvalue weighted by Gasteiger charge is 2.19. The van der Waals surface area contributed by atoms with Crippen LogP contribution >= 0.6 is 11.7 Å². The van der Waals surface area contributed by atoms with Crippen molar-refractivity contribution in [2.75, 3.05) is 26.2 Å². The highest BCUT2D eigenvalue weighted by molar-refractivity contribution is 7.89. The molecule has 128 valence electrons. The van der Waals surface area contributed by atoms with Gasteiger partial charge in [-0.2, -0.15) is 8.75 Å². The Morgan fingerprint density at radius 1 is 1.13 bits per heavy atom. The summed E-state index contributed by atoms with van der Waals surface area (Å²) in [6.07, 6.45) is 3.14. The van der Waals surface area contributed by atoms with Gasteiger partial charge in [-0.15, -0.1) is 0 Å². The van der Waals surface area contributed by atoms with Crippen molar-refractivity contribution in [1.29, 1.82) is 0 Å². The second kappa shape index (κ2) is 8.68. The van der Waals surface area contributed by atoms with Crippen molar-refractivity contribution < 1.29 is 13.3 Å². The Hall–Kier alpha value is -1.09. The molecule has 0 aliphatic rings. The van der Waals surface area contributed by atoms with E-state index in [2.05, 4.69) is 27.3 Å². The zero-order chi connectivity index (χ0) is 16.7. The number of quaternary nitrogens is 1. The Morgan fingerprint density at radius 2 is 1.87 bits per heavy atom. The Kier molecular flexibility index (Phi) is 6.88. The third-order valence-corrected chi connectivity index (χ3v) is 5.78. The molecule has 2 N–H and O–H groups in total. The zero-order valence-corrected chi connectivity index (χ0v) is 15.3. The van der Waals surface area contributed by atoms with Crippen LogP contribution in [0, 0.1) is 0 Å². The molecule has 0 atom stereocenters. The van der Waals surface area contributed by atoms with Crippen LogP contribution in [0.1, 0.15) is 33.1 Å². The number of aromatic nitrogens is 2. The molecule has 1 aromatic heterocycles. The lowest BCUT2D eigenvalue weighted by atomic mass is 10.3. The van der Waals surface area contributed by atoms with Gasteiger partial charge in [0.1, 0.15) is 15.9 Å². The molecule has 0 unspecified atom stereocenters. The Bertz CT molecular complexity index is 709. The predicted molar refractivity (Wildman–Crippen MR) is 93.4 cm³/mol. The average Bonchev–Trinajstić information content (AvgIpc) is 3.00. The number of rotatable bonds is 10. The first kappa shape index (κ1) is 18.3. The maximum absolute atomic E-state index is 12.5. The maximum Gasteiger partial charge on any atom is 0.242 e. The second-order valence-electron chi connectivity index (χ2n) is 5.64. The van der Waals surface area contributed by atoms with Crippen LogP contribution in [0.3, 0.4) is 0 Å². The van der Waals surface area contributed by atoms with Crippen LogP contribution in [0.15, 0.2) is 23.1 Å². The van der Waals surface area contributed by atoms with E-state index in [9.17, 15) is 8.42 Å². The summed E-state index contributed by atoms with van der Waals surface area (Å²) in [7, 11) is -3.53. The Morgan fingerprint density at radius 3 is 2.57 bits per heavy atom. The molecule has 2 aromatic rings. The summed E-state index contributed by atoms with van der Waals surface area (Å²) in [6.45, 7) is 8.09. The highest BCUT2D eigenvalue weighted by atomic mass is 32.2. The molecule has 0 spiro atoms. The van der Waals surface area contributed by atoms with Gasteiger partial charge in [0.2, 0.25) is 10.0 Å². The molecule has 0 saturated carbocycles. The fraction of sp³-hybridized carbons (Fsp3) is 0.600. The van der Waals surface area contributed by atoms with Gasteiger partial charge in [0.15, 0.2) is 0 Å². The molecule has 6 nitrogen and oxygen atoms in total. The summed E-state index contributed by atoms with van der Waals surface area (Å²) in [4.78, 5) is 1.76. The van der Waals surface area contributed by atoms with Gasteiger partial charge in [0, 0.05) is 13.0 Å². The zero-order valence-electron chi connectivity index (χ0n) is 13.7. The van der Waals surface area contributed by atoms with E-state index in [0.29, 0.717) is 17.6 Å². The number of hydrogen-bond acceptors (Lipinski definition) is 5. The first-order valence-corrected chi connectivity index (χ1v) is 10.3. The summed E-state index contributed by atoms with van der Waals surface area (Å²) in [5, 5.41) is 0. The second-order valence-corrected chi connectivity index (χ2v) is 7.90. The molecule has 0 saturated heterocycles. The summed E-state index contributed by atoms with van der Waals surface area (Å²) >= 11 is 1.03. The Balaban J connectivity index is 1.93. The average molecular weight is 358 g/mol. The van der Waals surface area contributed by atoms with Crippen LogP contribution in [-0.4, -0.2) is 43.3 Å². The van der Waals surface area contributed by atoms with Crippen molar-refractivity contribution in [3.63, 3.8) is 0 Å². The smallest absolute Gasteiger partial charge is 0.242 e. The molecule has 1 heterocycles. The summed E-state index contributed by atoms with van der Waals surface area (Å²) in [5.74, 6) is 0. The lowest BCUT2D eigenvalue weighted by molar-refractivity contribution is -0.900. The quantitative estimate of drug-likeness (QED) is 0.624. The number of nitrogens with zero attached hydrogens (tertiary/aromatic N) is 2. The van der Waals surface area contributed by atoms with E-state index >= 15 is 0 Å². The normalized spacial score (nSPS) is 12.3. The molecule has 2 rings (SSSR count). The molecule has 23 heavy (non-hydrogen) atoms. The van der Waals surface area contributed by atoms with Gasteiger partial charge < -0.3 is 4.90 Å². The van der Waals surface area contributed by atoms with Gasteiger partial charge in [0.05, 0.1) is 31.4 Å². The number of hydrogen-bond donors (Lipinski definition) is 2. The molecule has 0 fully saturated rings. The van der Waals surface area contributed by atoms with Crippen LogP contribution < -0.4 is 9.62 Å². The van der Waals surface area contributed by atoms with Gasteiger partial charge in [0.25, 0.3) is 0 Å². The van der Waals surface area contributed by atoms with Gasteiger partial charge in [-0.1, -0.05) is 19.9 Å². The monoisotopic (exact) mass is 357 g/mol. The molecular formula is C15H25N4O2S2+. The third-order valence-electron chi connectivity index (χ3n) is 3.74. The van der Waals surface area contributed by atoms with E-state index < -0.39 is 10.0 Å². The van der Waals surface area contributed by atoms with Crippen LogP contribution in [0.25, 0.3) is 11.0 Å². The number of benzene rings is 1. The van der Waals surface area contributed by atoms with E-state index in [0.717, 1.165) is 50.6 Å². The van der Waals surface area contributed by atoms with E-state index in [1.165, 1.54) is 0 Å². The minimum atomic E-state index is -3.53. The number of nitrogens with one attached hydrogen (secondary N) is 2. The first-order valence-electron chi connectivity index (χ1n) is 8.13. The van der Waals surface area contributed by atoms with E-state index in [4.69, 9.17) is 0 Å². The third kappa shape index (κ3) is 4.94. The van der Waals surface area contributed by atoms with Crippen molar-refractivity contribution in [3.8, 4) is 0 Å². The van der Waals surface area contributed by atoms with Crippen molar-refractivity contribution in [2.45, 2.75) is 38.0 Å². The highest BCUT2D eigenvalue weighted by Crippen LogP contribution is 2.20. The van der Waals surface area contributed by atoms with E-state index in [1.54, 1.807) is 23.1 Å². The van der Waals surface area contributed by atoms with Crippen molar-refractivity contribution in [3.05, 3.63) is 18.2 Å². The summed E-state index contributed by atoms with van der Waals surface area (Å²) < 4.78 is 35.8. The van der Waals surface area contributed by atoms with Crippen molar-refractivity contribution in [1.82, 2.24) is 13.5 Å². The predicted octanol–water partition coefficient (Wildman–Crippen LogP) is 1.06. The maximum atomic E-state index is 12.5. The van der Waals surface area contributed by atoms with E-state index in [-0.39, 0.29) is 4.90 Å². The van der Waals surface area contributed by atoms with Gasteiger partial charge in [-0.05, 0) is 25.0 Å². The first-order chi connectivity index (χ1) is 11.1. The van der Waals surface area contributed by atoms with E-state index in [1.807, 2.05) is 0 Å². The van der Waals surface area contributed by atoms with Crippen LogP contribution in [-0.2, 0) is 10.0 Å². The Labute approximate surface area is 142 Å². The lowest BCUT2D eigenvalue weighted by Crippen LogP contribution is -3.12. The topological polar surface area (TPSA) is 76.4 Å². The molecule has 0 radical (unpaired) electrons. The molecule has 0 bridgehead atoms. The summed E-state index contributed by atoms with van der Waals surface area (Å²) in [5.41, 5.74) is 1.08. The van der Waals surface area contributed by atoms with Crippen LogP contribution in [0.5, 0.6) is 0 Å². The minimum absolute atomic E-state index is 0.218. The van der Waals surface area contributed by atoms with Gasteiger partial charge in [-0.3, -0.25) is 0 Å². The minimum Gasteiger partial charge on any atom is -0.335 e. The van der Waals surface area contributed by atoms with Crippen molar-refractivity contribution in [2.24, 2.45) is 0 Å². The summed E-state index contributed by atoms with van der Waals surface area (Å²) in [6, 6.07) is 5.05. The van der Waals surface area contributed by atoms with Gasteiger partial charge >= 0.3 is 0 Å². The number of fused-ring (bicyclic) bond motifs is 1. The van der Waals surface area contributed by atoms with Crippen LogP contribution in [0.4, 0.5) is 0 Å². The molecule has 0 amide bonds. The van der Waals surface area contributed by atoms with Gasteiger partial charge in [-0.25, -0.2) is 13.1 Å². The molecule has 0 aliphatic heterocycles. The molecule has 8 heteroatoms. The lowest BCUT2D eigenvalue weighted by Gasteiger charge is -2.18. The molecule has 1 aromatic carbocycles. The fourth-order valence-electron chi connectivity index (χ4n) is 2.70. The SMILES string of the molecule is CCC[NH+](CCC)CCCNS(=O)(=O)c1cccc2nsnc12. The molecular weight excluding hydrogens is 332 g/mol. The number of sulfonamides is 1.